The molecule has 5 nitrogen and oxygen atoms in total. The van der Waals surface area contributed by atoms with Crippen LogP contribution in [0, 0.1) is 18.3 Å². The van der Waals surface area contributed by atoms with Gasteiger partial charge in [-0.3, -0.25) is 4.79 Å². The predicted octanol–water partition coefficient (Wildman–Crippen LogP) is 3.41. The summed E-state index contributed by atoms with van der Waals surface area (Å²) < 4.78 is 40.6. The molecule has 0 amide bonds. The van der Waals surface area contributed by atoms with Crippen molar-refractivity contribution in [1.82, 2.24) is 9.97 Å². The molecule has 1 heterocycles. The molecule has 0 saturated heterocycles. The maximum Gasteiger partial charge on any atom is 0.573 e. The van der Waals surface area contributed by atoms with Crippen LogP contribution in [0.5, 0.6) is 5.75 Å². The summed E-state index contributed by atoms with van der Waals surface area (Å²) in [5, 5.41) is 8.86. The van der Waals surface area contributed by atoms with E-state index >= 15 is 0 Å². The molecule has 24 heavy (non-hydrogen) atoms. The number of ether oxygens (including phenoxy) is 1. The summed E-state index contributed by atoms with van der Waals surface area (Å²) in [5.74, 6) is -0.111. The average molecular weight is 335 g/mol. The highest BCUT2D eigenvalue weighted by atomic mass is 19.4. The van der Waals surface area contributed by atoms with Gasteiger partial charge in [-0.1, -0.05) is 12.1 Å². The second kappa shape index (κ2) is 6.58. The summed E-state index contributed by atoms with van der Waals surface area (Å²) in [5.41, 5.74) is 0.593. The molecule has 0 spiro atoms. The fourth-order valence-corrected chi connectivity index (χ4v) is 2.02. The number of alkyl halides is 3. The highest BCUT2D eigenvalue weighted by Gasteiger charge is 2.31. The SMILES string of the molecule is C/C(=C\c1cccc(OC(F)(F)F)c1)c1nc(C)c(C#N)c(=O)[nH]1. The molecular weight excluding hydrogens is 323 g/mol. The standard InChI is InChI=1S/C16H12F3N3O2/c1-9(14-21-10(2)13(8-20)15(23)22-14)6-11-4-3-5-12(7-11)24-16(17,18)19/h3-7H,1-2H3,(H,21,22,23)/b9-6+. The van der Waals surface area contributed by atoms with E-state index < -0.39 is 11.9 Å². The number of hydrogen-bond donors (Lipinski definition) is 1. The van der Waals surface area contributed by atoms with Crippen LogP contribution in [0.2, 0.25) is 0 Å². The molecule has 1 aromatic carbocycles. The van der Waals surface area contributed by atoms with Crippen LogP contribution in [0.1, 0.15) is 29.6 Å². The molecule has 1 aromatic heterocycles. The van der Waals surface area contributed by atoms with Gasteiger partial charge in [0.05, 0.1) is 5.69 Å². The van der Waals surface area contributed by atoms with Crippen LogP contribution in [-0.2, 0) is 0 Å². The van der Waals surface area contributed by atoms with E-state index in [1.807, 2.05) is 0 Å². The summed E-state index contributed by atoms with van der Waals surface area (Å²) in [7, 11) is 0. The van der Waals surface area contributed by atoms with Crippen LogP contribution < -0.4 is 10.3 Å². The molecule has 0 aliphatic heterocycles. The number of nitrogens with zero attached hydrogens (tertiary/aromatic N) is 2. The lowest BCUT2D eigenvalue weighted by Gasteiger charge is -2.09. The van der Waals surface area contributed by atoms with Crippen LogP contribution >= 0.6 is 0 Å². The van der Waals surface area contributed by atoms with E-state index in [0.29, 0.717) is 11.1 Å². The molecule has 0 aliphatic rings. The van der Waals surface area contributed by atoms with Gasteiger partial charge in [0, 0.05) is 0 Å². The van der Waals surface area contributed by atoms with Crippen LogP contribution in [0.25, 0.3) is 11.6 Å². The molecule has 0 aliphatic carbocycles. The van der Waals surface area contributed by atoms with Crippen molar-refractivity contribution < 1.29 is 17.9 Å². The molecule has 0 unspecified atom stereocenters. The summed E-state index contributed by atoms with van der Waals surface area (Å²) >= 11 is 0. The zero-order valence-corrected chi connectivity index (χ0v) is 12.7. The average Bonchev–Trinajstić information content (AvgIpc) is 2.45. The number of aromatic amines is 1. The Kier molecular flexibility index (Phi) is 4.74. The Morgan fingerprint density at radius 2 is 2.12 bits per heavy atom. The van der Waals surface area contributed by atoms with Crippen molar-refractivity contribution in [1.29, 1.82) is 5.26 Å². The summed E-state index contributed by atoms with van der Waals surface area (Å²) in [4.78, 5) is 18.4. The van der Waals surface area contributed by atoms with Gasteiger partial charge in [0.25, 0.3) is 5.56 Å². The largest absolute Gasteiger partial charge is 0.573 e. The number of aromatic nitrogens is 2. The van der Waals surface area contributed by atoms with Gasteiger partial charge in [-0.25, -0.2) is 4.98 Å². The minimum Gasteiger partial charge on any atom is -0.406 e. The molecule has 2 aromatic rings. The number of hydrogen-bond acceptors (Lipinski definition) is 4. The molecule has 1 N–H and O–H groups in total. The van der Waals surface area contributed by atoms with Gasteiger partial charge in [0.1, 0.15) is 23.2 Å². The minimum absolute atomic E-state index is 0.0767. The van der Waals surface area contributed by atoms with E-state index in [-0.39, 0.29) is 22.8 Å². The lowest BCUT2D eigenvalue weighted by atomic mass is 10.1. The van der Waals surface area contributed by atoms with Crippen molar-refractivity contribution in [2.75, 3.05) is 0 Å². The number of aryl methyl sites for hydroxylation is 1. The maximum atomic E-state index is 12.2. The fourth-order valence-electron chi connectivity index (χ4n) is 2.02. The summed E-state index contributed by atoms with van der Waals surface area (Å²) in [6, 6.07) is 7.16. The number of halogens is 3. The first kappa shape index (κ1) is 17.3. The Balaban J connectivity index is 2.37. The number of rotatable bonds is 3. The van der Waals surface area contributed by atoms with Gasteiger partial charge < -0.3 is 9.72 Å². The number of nitrogens with one attached hydrogen (secondary N) is 1. The number of allylic oxidation sites excluding steroid dienone is 1. The van der Waals surface area contributed by atoms with Crippen molar-refractivity contribution in [3.8, 4) is 11.8 Å². The number of nitriles is 1. The van der Waals surface area contributed by atoms with E-state index in [1.54, 1.807) is 25.1 Å². The first-order chi connectivity index (χ1) is 11.2. The topological polar surface area (TPSA) is 78.8 Å². The van der Waals surface area contributed by atoms with Crippen molar-refractivity contribution in [2.45, 2.75) is 20.2 Å². The van der Waals surface area contributed by atoms with E-state index in [4.69, 9.17) is 5.26 Å². The van der Waals surface area contributed by atoms with Crippen LogP contribution in [0.4, 0.5) is 13.2 Å². The van der Waals surface area contributed by atoms with Crippen molar-refractivity contribution in [2.24, 2.45) is 0 Å². The zero-order valence-electron chi connectivity index (χ0n) is 12.7. The van der Waals surface area contributed by atoms with Gasteiger partial charge in [-0.2, -0.15) is 5.26 Å². The first-order valence-corrected chi connectivity index (χ1v) is 6.75. The highest BCUT2D eigenvalue weighted by Crippen LogP contribution is 2.24. The molecule has 0 saturated carbocycles. The Morgan fingerprint density at radius 3 is 2.71 bits per heavy atom. The third kappa shape index (κ3) is 4.23. The van der Waals surface area contributed by atoms with Crippen LogP contribution in [-0.4, -0.2) is 16.3 Å². The lowest BCUT2D eigenvalue weighted by Crippen LogP contribution is -2.17. The van der Waals surface area contributed by atoms with Gasteiger partial charge in [0.2, 0.25) is 0 Å². The zero-order chi connectivity index (χ0) is 17.9. The molecule has 0 fully saturated rings. The fraction of sp³-hybridized carbons (Fsp3) is 0.188. The monoisotopic (exact) mass is 335 g/mol. The second-order valence-corrected chi connectivity index (χ2v) is 4.93. The smallest absolute Gasteiger partial charge is 0.406 e. The predicted molar refractivity (Wildman–Crippen MR) is 81.0 cm³/mol. The summed E-state index contributed by atoms with van der Waals surface area (Å²) in [6.07, 6.45) is -3.22. The Hall–Kier alpha value is -3.08. The third-order valence-electron chi connectivity index (χ3n) is 3.06. The van der Waals surface area contributed by atoms with Gasteiger partial charge in [0.15, 0.2) is 0 Å². The van der Waals surface area contributed by atoms with E-state index in [2.05, 4.69) is 14.7 Å². The van der Waals surface area contributed by atoms with Crippen molar-refractivity contribution >= 4 is 11.6 Å². The third-order valence-corrected chi connectivity index (χ3v) is 3.06. The molecule has 0 atom stereocenters. The molecular formula is C16H12F3N3O2. The highest BCUT2D eigenvalue weighted by molar-refractivity contribution is 5.77. The van der Waals surface area contributed by atoms with Crippen molar-refractivity contribution in [3.05, 3.63) is 57.3 Å². The Bertz CT molecular complexity index is 893. The quantitative estimate of drug-likeness (QED) is 0.932. The minimum atomic E-state index is -4.77. The van der Waals surface area contributed by atoms with Crippen LogP contribution in [0.3, 0.4) is 0 Å². The van der Waals surface area contributed by atoms with E-state index in [9.17, 15) is 18.0 Å². The number of H-pyrrole nitrogens is 1. The number of benzene rings is 1. The molecule has 124 valence electrons. The molecule has 0 bridgehead atoms. The summed E-state index contributed by atoms with van der Waals surface area (Å²) in [6.45, 7) is 3.17. The Morgan fingerprint density at radius 1 is 1.42 bits per heavy atom. The van der Waals surface area contributed by atoms with Gasteiger partial charge >= 0.3 is 6.36 Å². The maximum absolute atomic E-state index is 12.2. The lowest BCUT2D eigenvalue weighted by molar-refractivity contribution is -0.274. The van der Waals surface area contributed by atoms with Crippen LogP contribution in [0.15, 0.2) is 29.1 Å². The Labute approximate surface area is 135 Å². The molecule has 8 heteroatoms. The van der Waals surface area contributed by atoms with Crippen molar-refractivity contribution in [3.63, 3.8) is 0 Å². The van der Waals surface area contributed by atoms with E-state index in [0.717, 1.165) is 0 Å². The van der Waals surface area contributed by atoms with Gasteiger partial charge in [-0.15, -0.1) is 13.2 Å². The normalized spacial score (nSPS) is 11.9. The second-order valence-electron chi connectivity index (χ2n) is 4.93. The van der Waals surface area contributed by atoms with Gasteiger partial charge in [-0.05, 0) is 43.2 Å². The molecule has 0 radical (unpaired) electrons. The molecule has 2 rings (SSSR count). The first-order valence-electron chi connectivity index (χ1n) is 6.75. The van der Waals surface area contributed by atoms with E-state index in [1.165, 1.54) is 25.1 Å².